The van der Waals surface area contributed by atoms with Gasteiger partial charge >= 0.3 is 5.97 Å². The van der Waals surface area contributed by atoms with Gasteiger partial charge in [-0.15, -0.1) is 0 Å². The number of carbonyl (C=O) groups excluding carboxylic acids is 1. The van der Waals surface area contributed by atoms with Gasteiger partial charge in [-0.3, -0.25) is 4.79 Å². The van der Waals surface area contributed by atoms with Gasteiger partial charge < -0.3 is 10.5 Å². The van der Waals surface area contributed by atoms with Gasteiger partial charge in [0.15, 0.2) is 0 Å². The van der Waals surface area contributed by atoms with E-state index in [9.17, 15) is 4.79 Å². The van der Waals surface area contributed by atoms with Gasteiger partial charge in [-0.05, 0) is 43.4 Å². The van der Waals surface area contributed by atoms with Crippen molar-refractivity contribution >= 4 is 5.97 Å². The fourth-order valence-corrected chi connectivity index (χ4v) is 2.75. The third-order valence-corrected chi connectivity index (χ3v) is 3.97. The van der Waals surface area contributed by atoms with E-state index in [-0.39, 0.29) is 24.0 Å². The molecule has 128 valence electrons. The Bertz CT molecular complexity index is 635. The molecule has 0 aliphatic carbocycles. The second-order valence-electron chi connectivity index (χ2n) is 6.65. The molecule has 3 heteroatoms. The van der Waals surface area contributed by atoms with Crippen molar-refractivity contribution in [2.45, 2.75) is 45.8 Å². The molecule has 24 heavy (non-hydrogen) atoms. The van der Waals surface area contributed by atoms with Crippen LogP contribution in [0.5, 0.6) is 0 Å². The molecule has 2 rings (SSSR count). The summed E-state index contributed by atoms with van der Waals surface area (Å²) >= 11 is 0. The Morgan fingerprint density at radius 2 is 1.54 bits per heavy atom. The van der Waals surface area contributed by atoms with Crippen molar-refractivity contribution in [1.29, 1.82) is 0 Å². The quantitative estimate of drug-likeness (QED) is 0.776. The van der Waals surface area contributed by atoms with E-state index in [1.54, 1.807) is 0 Å². The summed E-state index contributed by atoms with van der Waals surface area (Å²) in [4.78, 5) is 11.9. The minimum atomic E-state index is -0.175. The molecule has 0 saturated heterocycles. The number of hydrogen-bond donors (Lipinski definition) is 1. The first kappa shape index (κ1) is 18.2. The van der Waals surface area contributed by atoms with Crippen molar-refractivity contribution in [1.82, 2.24) is 0 Å². The van der Waals surface area contributed by atoms with E-state index in [2.05, 4.69) is 36.4 Å². The molecule has 0 heterocycles. The first-order chi connectivity index (χ1) is 11.5. The van der Waals surface area contributed by atoms with E-state index >= 15 is 0 Å². The Balaban J connectivity index is 1.90. The van der Waals surface area contributed by atoms with E-state index in [1.165, 1.54) is 16.7 Å². The lowest BCUT2D eigenvalue weighted by Gasteiger charge is -2.18. The van der Waals surface area contributed by atoms with E-state index in [0.717, 1.165) is 6.42 Å². The molecule has 0 bridgehead atoms. The Kier molecular flexibility index (Phi) is 6.56. The maximum absolute atomic E-state index is 11.9. The highest BCUT2D eigenvalue weighted by atomic mass is 16.5. The molecule has 2 atom stereocenters. The van der Waals surface area contributed by atoms with E-state index in [0.29, 0.717) is 6.42 Å². The second kappa shape index (κ2) is 8.65. The summed E-state index contributed by atoms with van der Waals surface area (Å²) in [7, 11) is 0. The SMILES string of the molecule is CC(C)OC(=O)[C@H](C)C[C@H](N)Cc1ccc(-c2ccccc2)cc1. The predicted octanol–water partition coefficient (Wildman–Crippen LogP) is 4.20. The Morgan fingerprint density at radius 1 is 0.958 bits per heavy atom. The minimum Gasteiger partial charge on any atom is -0.463 e. The molecule has 3 nitrogen and oxygen atoms in total. The standard InChI is InChI=1S/C21H27NO2/c1-15(2)24-21(23)16(3)13-20(22)14-17-9-11-19(12-10-17)18-7-5-4-6-8-18/h4-12,15-16,20H,13-14,22H2,1-3H3/t16-,20+/m1/s1. The third-order valence-electron chi connectivity index (χ3n) is 3.97. The summed E-state index contributed by atoms with van der Waals surface area (Å²) in [6.07, 6.45) is 1.31. The molecule has 0 unspecified atom stereocenters. The first-order valence-electron chi connectivity index (χ1n) is 8.56. The van der Waals surface area contributed by atoms with Crippen LogP contribution in [0.3, 0.4) is 0 Å². The molecule has 0 saturated carbocycles. The maximum atomic E-state index is 11.9. The Labute approximate surface area is 144 Å². The van der Waals surface area contributed by atoms with Crippen LogP contribution in [0, 0.1) is 5.92 Å². The highest BCUT2D eigenvalue weighted by Gasteiger charge is 2.19. The van der Waals surface area contributed by atoms with Crippen LogP contribution in [0.4, 0.5) is 0 Å². The zero-order valence-corrected chi connectivity index (χ0v) is 14.7. The highest BCUT2D eigenvalue weighted by Crippen LogP contribution is 2.20. The van der Waals surface area contributed by atoms with Crippen LogP contribution in [0.15, 0.2) is 54.6 Å². The van der Waals surface area contributed by atoms with Crippen molar-refractivity contribution in [3.8, 4) is 11.1 Å². The van der Waals surface area contributed by atoms with E-state index in [4.69, 9.17) is 10.5 Å². The molecule has 2 aromatic carbocycles. The molecule has 0 aliphatic rings. The minimum absolute atomic E-state index is 0.0534. The molecular weight excluding hydrogens is 298 g/mol. The third kappa shape index (κ3) is 5.50. The lowest BCUT2D eigenvalue weighted by molar-refractivity contribution is -0.152. The smallest absolute Gasteiger partial charge is 0.308 e. The predicted molar refractivity (Wildman–Crippen MR) is 98.6 cm³/mol. The van der Waals surface area contributed by atoms with Gasteiger partial charge in [0.05, 0.1) is 12.0 Å². The zero-order valence-electron chi connectivity index (χ0n) is 14.7. The fraction of sp³-hybridized carbons (Fsp3) is 0.381. The number of benzene rings is 2. The maximum Gasteiger partial charge on any atom is 0.308 e. The number of esters is 1. The largest absolute Gasteiger partial charge is 0.463 e. The van der Waals surface area contributed by atoms with Crippen LogP contribution in [-0.2, 0) is 16.0 Å². The van der Waals surface area contributed by atoms with E-state index < -0.39 is 0 Å². The first-order valence-corrected chi connectivity index (χ1v) is 8.56. The molecule has 2 aromatic rings. The number of hydrogen-bond acceptors (Lipinski definition) is 3. The summed E-state index contributed by atoms with van der Waals surface area (Å²) in [5.74, 6) is -0.342. The summed E-state index contributed by atoms with van der Waals surface area (Å²) in [5.41, 5.74) is 9.81. The molecular formula is C21H27NO2. The monoisotopic (exact) mass is 325 g/mol. The Hall–Kier alpha value is -2.13. The van der Waals surface area contributed by atoms with Gasteiger partial charge in [0.2, 0.25) is 0 Å². The molecule has 0 aliphatic heterocycles. The van der Waals surface area contributed by atoms with Crippen LogP contribution in [0.2, 0.25) is 0 Å². The second-order valence-corrected chi connectivity index (χ2v) is 6.65. The summed E-state index contributed by atoms with van der Waals surface area (Å²) in [6, 6.07) is 18.7. The molecule has 0 fully saturated rings. The van der Waals surface area contributed by atoms with Crippen LogP contribution < -0.4 is 5.73 Å². The van der Waals surface area contributed by atoms with Crippen molar-refractivity contribution in [3.05, 3.63) is 60.2 Å². The number of carbonyl (C=O) groups is 1. The molecule has 0 spiro atoms. The lowest BCUT2D eigenvalue weighted by Crippen LogP contribution is -2.29. The topological polar surface area (TPSA) is 52.3 Å². The van der Waals surface area contributed by atoms with E-state index in [1.807, 2.05) is 39.0 Å². The lowest BCUT2D eigenvalue weighted by atomic mass is 9.95. The van der Waals surface area contributed by atoms with Crippen molar-refractivity contribution in [3.63, 3.8) is 0 Å². The van der Waals surface area contributed by atoms with Gasteiger partial charge in [-0.2, -0.15) is 0 Å². The van der Waals surface area contributed by atoms with Gasteiger partial charge in [0.1, 0.15) is 0 Å². The fourth-order valence-electron chi connectivity index (χ4n) is 2.75. The number of ether oxygens (including phenoxy) is 1. The van der Waals surface area contributed by atoms with Crippen molar-refractivity contribution in [2.24, 2.45) is 11.7 Å². The van der Waals surface area contributed by atoms with Gasteiger partial charge in [-0.25, -0.2) is 0 Å². The number of nitrogens with two attached hydrogens (primary N) is 1. The van der Waals surface area contributed by atoms with Gasteiger partial charge in [-0.1, -0.05) is 61.5 Å². The van der Waals surface area contributed by atoms with Crippen LogP contribution in [0.25, 0.3) is 11.1 Å². The number of rotatable bonds is 7. The average molecular weight is 325 g/mol. The van der Waals surface area contributed by atoms with Crippen LogP contribution in [0.1, 0.15) is 32.8 Å². The van der Waals surface area contributed by atoms with Crippen LogP contribution in [-0.4, -0.2) is 18.1 Å². The zero-order chi connectivity index (χ0) is 17.5. The summed E-state index contributed by atoms with van der Waals surface area (Å²) in [5, 5.41) is 0. The molecule has 0 radical (unpaired) electrons. The van der Waals surface area contributed by atoms with Crippen LogP contribution >= 0.6 is 0 Å². The molecule has 2 N–H and O–H groups in total. The van der Waals surface area contributed by atoms with Crippen molar-refractivity contribution < 1.29 is 9.53 Å². The molecule has 0 aromatic heterocycles. The highest BCUT2D eigenvalue weighted by molar-refractivity contribution is 5.72. The molecule has 0 amide bonds. The van der Waals surface area contributed by atoms with Gasteiger partial charge in [0.25, 0.3) is 0 Å². The Morgan fingerprint density at radius 3 is 2.12 bits per heavy atom. The summed E-state index contributed by atoms with van der Waals surface area (Å²) < 4.78 is 5.23. The average Bonchev–Trinajstić information content (AvgIpc) is 2.55. The van der Waals surface area contributed by atoms with Gasteiger partial charge in [0, 0.05) is 6.04 Å². The summed E-state index contributed by atoms with van der Waals surface area (Å²) in [6.45, 7) is 5.60. The van der Waals surface area contributed by atoms with Crippen molar-refractivity contribution in [2.75, 3.05) is 0 Å². The normalized spacial score (nSPS) is 13.5.